The lowest BCUT2D eigenvalue weighted by molar-refractivity contribution is -0.0689. The molecule has 2 atom stereocenters. The van der Waals surface area contributed by atoms with Gasteiger partial charge in [0.1, 0.15) is 5.75 Å². The van der Waals surface area contributed by atoms with E-state index in [1.54, 1.807) is 24.3 Å². The zero-order valence-electron chi connectivity index (χ0n) is 12.5. The van der Waals surface area contributed by atoms with Crippen molar-refractivity contribution in [1.82, 2.24) is 5.32 Å². The highest BCUT2D eigenvalue weighted by atomic mass is 16.5. The number of hydrogen-bond acceptors (Lipinski definition) is 3. The summed E-state index contributed by atoms with van der Waals surface area (Å²) in [5.74, 6) is 0.655. The maximum Gasteiger partial charge on any atom is 0.251 e. The molecule has 0 radical (unpaired) electrons. The van der Waals surface area contributed by atoms with Gasteiger partial charge in [-0.25, -0.2) is 0 Å². The van der Waals surface area contributed by atoms with Gasteiger partial charge in [0.25, 0.3) is 5.91 Å². The number of ether oxygens (including phenoxy) is 1. The summed E-state index contributed by atoms with van der Waals surface area (Å²) in [7, 11) is 0. The van der Waals surface area contributed by atoms with E-state index in [9.17, 15) is 9.90 Å². The first-order valence-corrected chi connectivity index (χ1v) is 7.06. The number of amides is 1. The molecule has 0 aliphatic heterocycles. The minimum absolute atomic E-state index is 0.0246. The first kappa shape index (κ1) is 14.9. The lowest BCUT2D eigenvalue weighted by Gasteiger charge is -2.49. The Kier molecular flexibility index (Phi) is 4.04. The Labute approximate surface area is 120 Å². The van der Waals surface area contributed by atoms with Crippen molar-refractivity contribution < 1.29 is 14.6 Å². The molecule has 2 N–H and O–H groups in total. The minimum Gasteiger partial charge on any atom is -0.491 e. The van der Waals surface area contributed by atoms with E-state index in [-0.39, 0.29) is 29.6 Å². The second-order valence-corrected chi connectivity index (χ2v) is 6.29. The standard InChI is InChI=1S/C16H23NO3/c1-10(2)20-12-7-5-11(6-8-12)15(19)17-13-9-14(18)16(13,3)4/h5-8,10,13-14,18H,9H2,1-4H3,(H,17,19). The largest absolute Gasteiger partial charge is 0.491 e. The van der Waals surface area contributed by atoms with Crippen molar-refractivity contribution in [3.8, 4) is 5.75 Å². The number of aliphatic hydroxyl groups excluding tert-OH is 1. The summed E-state index contributed by atoms with van der Waals surface area (Å²) < 4.78 is 5.54. The van der Waals surface area contributed by atoms with Crippen molar-refractivity contribution in [1.29, 1.82) is 0 Å². The minimum atomic E-state index is -0.338. The third kappa shape index (κ3) is 2.96. The summed E-state index contributed by atoms with van der Waals surface area (Å²) >= 11 is 0. The van der Waals surface area contributed by atoms with Crippen molar-refractivity contribution in [2.24, 2.45) is 5.41 Å². The molecule has 1 aromatic carbocycles. The molecule has 2 rings (SSSR count). The summed E-state index contributed by atoms with van der Waals surface area (Å²) in [6, 6.07) is 7.15. The smallest absolute Gasteiger partial charge is 0.251 e. The van der Waals surface area contributed by atoms with Crippen molar-refractivity contribution in [2.45, 2.75) is 52.4 Å². The van der Waals surface area contributed by atoms with Gasteiger partial charge in [-0.2, -0.15) is 0 Å². The molecular formula is C16H23NO3. The van der Waals surface area contributed by atoms with Gasteiger partial charge in [-0.1, -0.05) is 13.8 Å². The summed E-state index contributed by atoms with van der Waals surface area (Å²) in [6.07, 6.45) is 0.398. The van der Waals surface area contributed by atoms with Crippen molar-refractivity contribution in [2.75, 3.05) is 0 Å². The molecule has 4 nitrogen and oxygen atoms in total. The number of hydrogen-bond donors (Lipinski definition) is 2. The Balaban J connectivity index is 1.96. The zero-order chi connectivity index (χ0) is 14.9. The average molecular weight is 277 g/mol. The maximum atomic E-state index is 12.1. The Hall–Kier alpha value is -1.55. The van der Waals surface area contributed by atoms with Gasteiger partial charge in [0.2, 0.25) is 0 Å². The summed E-state index contributed by atoms with van der Waals surface area (Å²) in [5.41, 5.74) is 0.356. The predicted octanol–water partition coefficient (Wildman–Crippen LogP) is 2.36. The van der Waals surface area contributed by atoms with E-state index in [0.717, 1.165) is 5.75 Å². The molecule has 0 aromatic heterocycles. The third-order valence-electron chi connectivity index (χ3n) is 4.01. The number of nitrogens with one attached hydrogen (secondary N) is 1. The molecule has 1 amide bonds. The van der Waals surface area contributed by atoms with Crippen molar-refractivity contribution in [3.63, 3.8) is 0 Å². The van der Waals surface area contributed by atoms with Gasteiger partial charge in [-0.05, 0) is 44.5 Å². The van der Waals surface area contributed by atoms with E-state index in [4.69, 9.17) is 4.74 Å². The molecule has 1 aliphatic carbocycles. The van der Waals surface area contributed by atoms with E-state index >= 15 is 0 Å². The van der Waals surface area contributed by atoms with Crippen LogP contribution in [-0.2, 0) is 0 Å². The molecule has 1 fully saturated rings. The second kappa shape index (κ2) is 5.44. The van der Waals surface area contributed by atoms with Crippen LogP contribution in [0.25, 0.3) is 0 Å². The molecule has 0 bridgehead atoms. The molecule has 20 heavy (non-hydrogen) atoms. The van der Waals surface area contributed by atoms with Gasteiger partial charge in [0.15, 0.2) is 0 Å². The first-order valence-electron chi connectivity index (χ1n) is 7.06. The number of rotatable bonds is 4. The van der Waals surface area contributed by atoms with Crippen LogP contribution in [0.4, 0.5) is 0 Å². The van der Waals surface area contributed by atoms with E-state index < -0.39 is 0 Å². The van der Waals surface area contributed by atoms with Crippen LogP contribution in [0.15, 0.2) is 24.3 Å². The van der Waals surface area contributed by atoms with E-state index in [1.165, 1.54) is 0 Å². The quantitative estimate of drug-likeness (QED) is 0.888. The van der Waals surface area contributed by atoms with Crippen LogP contribution < -0.4 is 10.1 Å². The average Bonchev–Trinajstić information content (AvgIpc) is 2.38. The van der Waals surface area contributed by atoms with Gasteiger partial charge in [0, 0.05) is 17.0 Å². The molecular weight excluding hydrogens is 254 g/mol. The van der Waals surface area contributed by atoms with Crippen molar-refractivity contribution >= 4 is 5.91 Å². The number of benzene rings is 1. The predicted molar refractivity (Wildman–Crippen MR) is 77.9 cm³/mol. The van der Waals surface area contributed by atoms with Crippen LogP contribution in [0.5, 0.6) is 5.75 Å². The van der Waals surface area contributed by atoms with E-state index in [0.29, 0.717) is 12.0 Å². The molecule has 4 heteroatoms. The SMILES string of the molecule is CC(C)Oc1ccc(C(=O)NC2CC(O)C2(C)C)cc1. The van der Waals surface area contributed by atoms with E-state index in [2.05, 4.69) is 5.32 Å². The Morgan fingerprint density at radius 3 is 2.40 bits per heavy atom. The lowest BCUT2D eigenvalue weighted by Crippen LogP contribution is -2.61. The van der Waals surface area contributed by atoms with Gasteiger partial charge < -0.3 is 15.2 Å². The number of aliphatic hydroxyl groups is 1. The van der Waals surface area contributed by atoms with Gasteiger partial charge in [-0.15, -0.1) is 0 Å². The fourth-order valence-electron chi connectivity index (χ4n) is 2.35. The maximum absolute atomic E-state index is 12.1. The molecule has 1 saturated carbocycles. The molecule has 2 unspecified atom stereocenters. The van der Waals surface area contributed by atoms with Gasteiger partial charge >= 0.3 is 0 Å². The molecule has 0 heterocycles. The molecule has 1 aliphatic rings. The number of carbonyl (C=O) groups is 1. The van der Waals surface area contributed by atoms with Crippen LogP contribution in [0, 0.1) is 5.41 Å². The fourth-order valence-corrected chi connectivity index (χ4v) is 2.35. The molecule has 0 saturated heterocycles. The Morgan fingerprint density at radius 2 is 1.95 bits per heavy atom. The van der Waals surface area contributed by atoms with Crippen LogP contribution in [0.3, 0.4) is 0 Å². The topological polar surface area (TPSA) is 58.6 Å². The van der Waals surface area contributed by atoms with Crippen LogP contribution in [-0.4, -0.2) is 29.3 Å². The van der Waals surface area contributed by atoms with Crippen molar-refractivity contribution in [3.05, 3.63) is 29.8 Å². The summed E-state index contributed by atoms with van der Waals surface area (Å²) in [5, 5.41) is 12.7. The van der Waals surface area contributed by atoms with Gasteiger partial charge in [0.05, 0.1) is 12.2 Å². The normalized spacial score (nSPS) is 24.1. The molecule has 1 aromatic rings. The van der Waals surface area contributed by atoms with Crippen LogP contribution in [0.2, 0.25) is 0 Å². The van der Waals surface area contributed by atoms with Gasteiger partial charge in [-0.3, -0.25) is 4.79 Å². The number of carbonyl (C=O) groups excluding carboxylic acids is 1. The second-order valence-electron chi connectivity index (χ2n) is 6.29. The fraction of sp³-hybridized carbons (Fsp3) is 0.562. The molecule has 0 spiro atoms. The highest BCUT2D eigenvalue weighted by Gasteiger charge is 2.47. The van der Waals surface area contributed by atoms with Crippen LogP contribution in [0.1, 0.15) is 44.5 Å². The monoisotopic (exact) mass is 277 g/mol. The highest BCUT2D eigenvalue weighted by molar-refractivity contribution is 5.94. The van der Waals surface area contributed by atoms with E-state index in [1.807, 2.05) is 27.7 Å². The Bertz CT molecular complexity index is 479. The highest BCUT2D eigenvalue weighted by Crippen LogP contribution is 2.40. The summed E-state index contributed by atoms with van der Waals surface area (Å²) in [6.45, 7) is 7.85. The summed E-state index contributed by atoms with van der Waals surface area (Å²) in [4.78, 5) is 12.1. The van der Waals surface area contributed by atoms with Crippen LogP contribution >= 0.6 is 0 Å². The Morgan fingerprint density at radius 1 is 1.35 bits per heavy atom. The first-order chi connectivity index (χ1) is 9.30. The zero-order valence-corrected chi connectivity index (χ0v) is 12.5. The molecule has 110 valence electrons. The lowest BCUT2D eigenvalue weighted by atomic mass is 9.64. The third-order valence-corrected chi connectivity index (χ3v) is 4.01.